The van der Waals surface area contributed by atoms with Crippen molar-refractivity contribution >= 4 is 0 Å². The Kier molecular flexibility index (Phi) is 3.30. The minimum Gasteiger partial charge on any atom is -0.309 e. The summed E-state index contributed by atoms with van der Waals surface area (Å²) in [5.41, 5.74) is 1.89. The maximum absolute atomic E-state index is 13.3. The van der Waals surface area contributed by atoms with E-state index in [4.69, 9.17) is 0 Å². The Morgan fingerprint density at radius 2 is 1.58 bits per heavy atom. The Hall–Kier alpha value is -1.74. The van der Waals surface area contributed by atoms with Crippen molar-refractivity contribution in [1.82, 2.24) is 5.32 Å². The summed E-state index contributed by atoms with van der Waals surface area (Å²) in [5, 5.41) is 3.34. The lowest BCUT2D eigenvalue weighted by Crippen LogP contribution is -2.17. The summed E-state index contributed by atoms with van der Waals surface area (Å²) in [6.07, 6.45) is 0.979. The SMILES string of the molecule is Fc1cc(F)cc(C2NCCC2c2ccccc2)c1. The van der Waals surface area contributed by atoms with Crippen LogP contribution in [0.4, 0.5) is 8.78 Å². The van der Waals surface area contributed by atoms with Crippen LogP contribution in [-0.4, -0.2) is 6.54 Å². The molecule has 1 heterocycles. The van der Waals surface area contributed by atoms with E-state index in [2.05, 4.69) is 17.4 Å². The molecule has 0 bridgehead atoms. The summed E-state index contributed by atoms with van der Waals surface area (Å²) in [4.78, 5) is 0. The van der Waals surface area contributed by atoms with Gasteiger partial charge in [-0.25, -0.2) is 8.78 Å². The first-order chi connectivity index (χ1) is 9.24. The number of hydrogen-bond acceptors (Lipinski definition) is 1. The summed E-state index contributed by atoms with van der Waals surface area (Å²) in [5.74, 6) is -0.770. The third-order valence-corrected chi connectivity index (χ3v) is 3.69. The molecular weight excluding hydrogens is 244 g/mol. The van der Waals surface area contributed by atoms with Gasteiger partial charge < -0.3 is 5.32 Å². The molecule has 2 atom stereocenters. The third kappa shape index (κ3) is 2.51. The van der Waals surface area contributed by atoms with E-state index in [1.807, 2.05) is 18.2 Å². The van der Waals surface area contributed by atoms with Gasteiger partial charge in [0.1, 0.15) is 11.6 Å². The van der Waals surface area contributed by atoms with Gasteiger partial charge in [-0.05, 0) is 36.2 Å². The molecule has 1 nitrogen and oxygen atoms in total. The molecule has 1 saturated heterocycles. The highest BCUT2D eigenvalue weighted by Crippen LogP contribution is 2.37. The minimum atomic E-state index is -0.518. The zero-order chi connectivity index (χ0) is 13.2. The van der Waals surface area contributed by atoms with Gasteiger partial charge in [-0.3, -0.25) is 0 Å². The van der Waals surface area contributed by atoms with E-state index in [9.17, 15) is 8.78 Å². The Morgan fingerprint density at radius 1 is 0.895 bits per heavy atom. The zero-order valence-electron chi connectivity index (χ0n) is 10.4. The van der Waals surface area contributed by atoms with Crippen molar-refractivity contribution in [3.05, 3.63) is 71.3 Å². The molecule has 3 rings (SSSR count). The maximum atomic E-state index is 13.3. The average molecular weight is 259 g/mol. The standard InChI is InChI=1S/C16H15F2N/c17-13-8-12(9-14(18)10-13)16-15(6-7-19-16)11-4-2-1-3-5-11/h1-5,8-10,15-16,19H,6-7H2. The normalized spacial score (nSPS) is 22.6. The van der Waals surface area contributed by atoms with Crippen molar-refractivity contribution in [3.63, 3.8) is 0 Å². The van der Waals surface area contributed by atoms with Crippen LogP contribution in [-0.2, 0) is 0 Å². The number of nitrogens with one attached hydrogen (secondary N) is 1. The topological polar surface area (TPSA) is 12.0 Å². The molecule has 1 N–H and O–H groups in total. The highest BCUT2D eigenvalue weighted by Gasteiger charge is 2.29. The molecule has 98 valence electrons. The fraction of sp³-hybridized carbons (Fsp3) is 0.250. The molecule has 1 fully saturated rings. The lowest BCUT2D eigenvalue weighted by atomic mass is 9.88. The minimum absolute atomic E-state index is 0.0207. The lowest BCUT2D eigenvalue weighted by Gasteiger charge is -2.20. The smallest absolute Gasteiger partial charge is 0.126 e. The van der Waals surface area contributed by atoms with Crippen LogP contribution in [0.15, 0.2) is 48.5 Å². The van der Waals surface area contributed by atoms with Crippen LogP contribution >= 0.6 is 0 Å². The molecule has 0 amide bonds. The first-order valence-corrected chi connectivity index (χ1v) is 6.48. The van der Waals surface area contributed by atoms with E-state index in [1.54, 1.807) is 0 Å². The van der Waals surface area contributed by atoms with E-state index < -0.39 is 11.6 Å². The second-order valence-corrected chi connectivity index (χ2v) is 4.94. The fourth-order valence-corrected chi connectivity index (χ4v) is 2.87. The van der Waals surface area contributed by atoms with Gasteiger partial charge >= 0.3 is 0 Å². The van der Waals surface area contributed by atoms with E-state index in [1.165, 1.54) is 17.7 Å². The largest absolute Gasteiger partial charge is 0.309 e. The van der Waals surface area contributed by atoms with Crippen LogP contribution in [0, 0.1) is 11.6 Å². The molecule has 0 aromatic heterocycles. The molecule has 3 heteroatoms. The number of halogens is 2. The van der Waals surface area contributed by atoms with E-state index >= 15 is 0 Å². The van der Waals surface area contributed by atoms with Crippen LogP contribution in [0.2, 0.25) is 0 Å². The molecule has 0 saturated carbocycles. The number of rotatable bonds is 2. The van der Waals surface area contributed by atoms with E-state index in [0.29, 0.717) is 5.56 Å². The van der Waals surface area contributed by atoms with Crippen molar-refractivity contribution < 1.29 is 8.78 Å². The second kappa shape index (κ2) is 5.10. The van der Waals surface area contributed by atoms with Crippen LogP contribution in [0.5, 0.6) is 0 Å². The van der Waals surface area contributed by atoms with Crippen LogP contribution in [0.25, 0.3) is 0 Å². The monoisotopic (exact) mass is 259 g/mol. The lowest BCUT2D eigenvalue weighted by molar-refractivity contribution is 0.545. The molecule has 1 aliphatic heterocycles. The number of benzene rings is 2. The average Bonchev–Trinajstić information content (AvgIpc) is 2.88. The zero-order valence-corrected chi connectivity index (χ0v) is 10.4. The molecule has 2 aromatic rings. The highest BCUT2D eigenvalue weighted by molar-refractivity contribution is 5.30. The predicted octanol–water partition coefficient (Wildman–Crippen LogP) is 3.78. The Balaban J connectivity index is 1.95. The first-order valence-electron chi connectivity index (χ1n) is 6.48. The van der Waals surface area contributed by atoms with Gasteiger partial charge in [-0.2, -0.15) is 0 Å². The van der Waals surface area contributed by atoms with Crippen molar-refractivity contribution in [1.29, 1.82) is 0 Å². The van der Waals surface area contributed by atoms with Gasteiger partial charge in [0.05, 0.1) is 0 Å². The van der Waals surface area contributed by atoms with Crippen molar-refractivity contribution in [2.45, 2.75) is 18.4 Å². The molecule has 19 heavy (non-hydrogen) atoms. The Morgan fingerprint density at radius 3 is 2.26 bits per heavy atom. The second-order valence-electron chi connectivity index (χ2n) is 4.94. The summed E-state index contributed by atoms with van der Waals surface area (Å²) in [6, 6.07) is 13.8. The molecule has 1 aliphatic rings. The van der Waals surface area contributed by atoms with Gasteiger partial charge in [0, 0.05) is 18.0 Å². The van der Waals surface area contributed by atoms with Crippen LogP contribution < -0.4 is 5.32 Å². The van der Waals surface area contributed by atoms with Gasteiger partial charge in [0.25, 0.3) is 0 Å². The van der Waals surface area contributed by atoms with Gasteiger partial charge in [0.2, 0.25) is 0 Å². The molecular formula is C16H15F2N. The molecule has 2 unspecified atom stereocenters. The Bertz CT molecular complexity index is 548. The van der Waals surface area contributed by atoms with Crippen LogP contribution in [0.1, 0.15) is 29.5 Å². The highest BCUT2D eigenvalue weighted by atomic mass is 19.1. The molecule has 2 aromatic carbocycles. The predicted molar refractivity (Wildman–Crippen MR) is 70.9 cm³/mol. The Labute approximate surface area is 111 Å². The quantitative estimate of drug-likeness (QED) is 0.865. The van der Waals surface area contributed by atoms with Gasteiger partial charge in [-0.15, -0.1) is 0 Å². The summed E-state index contributed by atoms with van der Waals surface area (Å²) >= 11 is 0. The van der Waals surface area contributed by atoms with Crippen LogP contribution in [0.3, 0.4) is 0 Å². The summed E-state index contributed by atoms with van der Waals surface area (Å²) in [7, 11) is 0. The maximum Gasteiger partial charge on any atom is 0.126 e. The molecule has 0 aliphatic carbocycles. The van der Waals surface area contributed by atoms with Gasteiger partial charge in [0.15, 0.2) is 0 Å². The van der Waals surface area contributed by atoms with Crippen molar-refractivity contribution in [2.24, 2.45) is 0 Å². The van der Waals surface area contributed by atoms with Crippen molar-refractivity contribution in [3.8, 4) is 0 Å². The third-order valence-electron chi connectivity index (χ3n) is 3.69. The molecule has 0 radical (unpaired) electrons. The molecule has 0 spiro atoms. The van der Waals surface area contributed by atoms with Crippen molar-refractivity contribution in [2.75, 3.05) is 6.54 Å². The summed E-state index contributed by atoms with van der Waals surface area (Å²) in [6.45, 7) is 0.863. The fourth-order valence-electron chi connectivity index (χ4n) is 2.87. The van der Waals surface area contributed by atoms with Gasteiger partial charge in [-0.1, -0.05) is 30.3 Å². The van der Waals surface area contributed by atoms with E-state index in [0.717, 1.165) is 19.0 Å². The first kappa shape index (κ1) is 12.3. The van der Waals surface area contributed by atoms with E-state index in [-0.39, 0.29) is 12.0 Å². The summed E-state index contributed by atoms with van der Waals surface area (Å²) < 4.78 is 26.7. The number of hydrogen-bond donors (Lipinski definition) is 1.